The maximum Gasteiger partial charge on any atom is 0.226 e. The number of allylic oxidation sites excluding steroid dienone is 5. The molecule has 0 atom stereocenters. The van der Waals surface area contributed by atoms with Gasteiger partial charge in [-0.2, -0.15) is 0 Å². The van der Waals surface area contributed by atoms with Gasteiger partial charge in [-0.1, -0.05) is 30.4 Å². The summed E-state index contributed by atoms with van der Waals surface area (Å²) in [6.07, 6.45) is 8.93. The predicted octanol–water partition coefficient (Wildman–Crippen LogP) is 3.98. The lowest BCUT2D eigenvalue weighted by molar-refractivity contribution is -0.120. The Morgan fingerprint density at radius 3 is 2.61 bits per heavy atom. The van der Waals surface area contributed by atoms with Crippen LogP contribution < -0.4 is 10.2 Å². The molecule has 4 rings (SSSR count). The van der Waals surface area contributed by atoms with Crippen LogP contribution in [0, 0.1) is 0 Å². The van der Waals surface area contributed by atoms with Crippen LogP contribution in [-0.4, -0.2) is 43.7 Å². The molecular weight excluding hydrogens is 393 g/mol. The number of ether oxygens (including phenoxy) is 1. The zero-order chi connectivity index (χ0) is 21.5. The lowest BCUT2D eigenvalue weighted by atomic mass is 10.1. The molecule has 0 unspecified atom stereocenters. The Bertz CT molecular complexity index is 986. The van der Waals surface area contributed by atoms with Crippen molar-refractivity contribution in [2.24, 2.45) is 0 Å². The molecule has 5 nitrogen and oxygen atoms in total. The minimum absolute atomic E-state index is 0.103. The molecule has 1 aromatic heterocycles. The Hall–Kier alpha value is -3.25. The molecule has 160 valence electrons. The Morgan fingerprint density at radius 2 is 1.87 bits per heavy atom. The molecule has 2 aromatic rings. The van der Waals surface area contributed by atoms with Gasteiger partial charge in [0.05, 0.1) is 19.6 Å². The Morgan fingerprint density at radius 1 is 1.10 bits per heavy atom. The second-order valence-electron chi connectivity index (χ2n) is 7.62. The van der Waals surface area contributed by atoms with Crippen LogP contribution in [0.2, 0.25) is 0 Å². The van der Waals surface area contributed by atoms with Crippen LogP contribution in [0.25, 0.3) is 11.1 Å². The molecule has 1 fully saturated rings. The summed E-state index contributed by atoms with van der Waals surface area (Å²) in [6.45, 7) is 3.77. The van der Waals surface area contributed by atoms with Crippen LogP contribution >= 0.6 is 0 Å². The number of hydrogen-bond donors (Lipinski definition) is 1. The quantitative estimate of drug-likeness (QED) is 0.770. The zero-order valence-corrected chi connectivity index (χ0v) is 17.4. The number of aromatic nitrogens is 1. The van der Waals surface area contributed by atoms with E-state index < -0.39 is 0 Å². The number of nitrogens with zero attached hydrogens (tertiary/aromatic N) is 2. The number of amides is 1. The number of morpholine rings is 1. The number of carbonyl (C=O) groups excluding carboxylic acids is 1. The van der Waals surface area contributed by atoms with E-state index in [1.54, 1.807) is 12.3 Å². The monoisotopic (exact) mass is 419 g/mol. The van der Waals surface area contributed by atoms with Gasteiger partial charge in [-0.05, 0) is 47.9 Å². The molecule has 1 N–H and O–H groups in total. The average Bonchev–Trinajstić information content (AvgIpc) is 3.03. The van der Waals surface area contributed by atoms with Crippen molar-refractivity contribution in [3.8, 4) is 11.1 Å². The second-order valence-corrected chi connectivity index (χ2v) is 7.62. The minimum Gasteiger partial charge on any atom is -0.378 e. The molecule has 0 spiro atoms. The normalized spacial score (nSPS) is 16.4. The number of rotatable bonds is 6. The van der Waals surface area contributed by atoms with Gasteiger partial charge in [0.25, 0.3) is 0 Å². The highest BCUT2D eigenvalue weighted by atomic mass is 19.1. The summed E-state index contributed by atoms with van der Waals surface area (Å²) >= 11 is 0. The number of nitrogens with one attached hydrogen (secondary N) is 1. The molecule has 1 aromatic carbocycles. The number of halogens is 1. The SMILES string of the molecule is O=C(Cc1ccc(-c2ccc(N3CCOCC3)cc2)cn1)NCC1=CC=CC(F)=CC1. The zero-order valence-electron chi connectivity index (χ0n) is 17.4. The first kappa shape index (κ1) is 21.0. The van der Waals surface area contributed by atoms with Gasteiger partial charge in [0.1, 0.15) is 5.83 Å². The van der Waals surface area contributed by atoms with Gasteiger partial charge in [0.15, 0.2) is 0 Å². The van der Waals surface area contributed by atoms with Gasteiger partial charge >= 0.3 is 0 Å². The largest absolute Gasteiger partial charge is 0.378 e. The Balaban J connectivity index is 1.30. The number of benzene rings is 1. The lowest BCUT2D eigenvalue weighted by Gasteiger charge is -2.28. The van der Waals surface area contributed by atoms with E-state index >= 15 is 0 Å². The molecule has 1 aliphatic heterocycles. The summed E-state index contributed by atoms with van der Waals surface area (Å²) in [5.74, 6) is -0.355. The summed E-state index contributed by atoms with van der Waals surface area (Å²) in [7, 11) is 0. The van der Waals surface area contributed by atoms with Crippen molar-refractivity contribution < 1.29 is 13.9 Å². The third-order valence-electron chi connectivity index (χ3n) is 5.40. The maximum absolute atomic E-state index is 13.2. The summed E-state index contributed by atoms with van der Waals surface area (Å²) in [5, 5.41) is 2.88. The van der Waals surface area contributed by atoms with Gasteiger partial charge < -0.3 is 15.0 Å². The topological polar surface area (TPSA) is 54.5 Å². The average molecular weight is 420 g/mol. The van der Waals surface area contributed by atoms with Gasteiger partial charge in [-0.3, -0.25) is 9.78 Å². The molecule has 6 heteroatoms. The number of pyridine rings is 1. The molecule has 1 amide bonds. The third-order valence-corrected chi connectivity index (χ3v) is 5.40. The van der Waals surface area contributed by atoms with E-state index in [-0.39, 0.29) is 18.2 Å². The van der Waals surface area contributed by atoms with Crippen LogP contribution in [0.4, 0.5) is 10.1 Å². The van der Waals surface area contributed by atoms with Crippen molar-refractivity contribution >= 4 is 11.6 Å². The van der Waals surface area contributed by atoms with Crippen molar-refractivity contribution in [3.05, 3.63) is 84.0 Å². The summed E-state index contributed by atoms with van der Waals surface area (Å²) < 4.78 is 18.6. The highest BCUT2D eigenvalue weighted by Gasteiger charge is 2.11. The second kappa shape index (κ2) is 10.2. The summed E-state index contributed by atoms with van der Waals surface area (Å²) in [6, 6.07) is 12.3. The first-order chi connectivity index (χ1) is 15.2. The molecule has 2 aliphatic rings. The summed E-state index contributed by atoms with van der Waals surface area (Å²) in [5.41, 5.74) is 4.98. The van der Waals surface area contributed by atoms with Gasteiger partial charge in [0, 0.05) is 42.8 Å². The van der Waals surface area contributed by atoms with E-state index in [2.05, 4.69) is 39.5 Å². The standard InChI is InChI=1S/C25H26FN3O2/c26-22-3-1-2-19(4-8-22)17-28-25(30)16-23-9-5-21(18-27-23)20-6-10-24(11-7-20)29-12-14-31-15-13-29/h1-3,5-11,18H,4,12-17H2,(H,28,30). The molecule has 1 saturated heterocycles. The molecular formula is C25H26FN3O2. The Labute approximate surface area is 181 Å². The van der Waals surface area contributed by atoms with E-state index in [9.17, 15) is 9.18 Å². The van der Waals surface area contributed by atoms with E-state index in [0.29, 0.717) is 18.7 Å². The fourth-order valence-corrected chi connectivity index (χ4v) is 3.60. The summed E-state index contributed by atoms with van der Waals surface area (Å²) in [4.78, 5) is 19.0. The number of anilines is 1. The van der Waals surface area contributed by atoms with Crippen LogP contribution in [0.15, 0.2) is 78.3 Å². The van der Waals surface area contributed by atoms with E-state index in [1.807, 2.05) is 18.2 Å². The highest BCUT2D eigenvalue weighted by molar-refractivity contribution is 5.78. The third kappa shape index (κ3) is 5.89. The fraction of sp³-hybridized carbons (Fsp3) is 0.280. The number of carbonyl (C=O) groups is 1. The Kier molecular flexibility index (Phi) is 6.89. The van der Waals surface area contributed by atoms with Gasteiger partial charge in [0.2, 0.25) is 5.91 Å². The molecule has 2 heterocycles. The highest BCUT2D eigenvalue weighted by Crippen LogP contribution is 2.23. The smallest absolute Gasteiger partial charge is 0.226 e. The van der Waals surface area contributed by atoms with Crippen molar-refractivity contribution in [1.82, 2.24) is 10.3 Å². The van der Waals surface area contributed by atoms with Crippen LogP contribution in [0.1, 0.15) is 12.1 Å². The lowest BCUT2D eigenvalue weighted by Crippen LogP contribution is -2.36. The fourth-order valence-electron chi connectivity index (χ4n) is 3.60. The minimum atomic E-state index is -0.252. The van der Waals surface area contributed by atoms with Gasteiger partial charge in [-0.25, -0.2) is 4.39 Å². The van der Waals surface area contributed by atoms with Crippen LogP contribution in [-0.2, 0) is 16.0 Å². The maximum atomic E-state index is 13.2. The van der Waals surface area contributed by atoms with Crippen molar-refractivity contribution in [3.63, 3.8) is 0 Å². The molecule has 0 bridgehead atoms. The molecule has 31 heavy (non-hydrogen) atoms. The van der Waals surface area contributed by atoms with E-state index in [1.165, 1.54) is 17.8 Å². The van der Waals surface area contributed by atoms with Gasteiger partial charge in [-0.15, -0.1) is 0 Å². The molecule has 1 aliphatic carbocycles. The van der Waals surface area contributed by atoms with Crippen molar-refractivity contribution in [2.45, 2.75) is 12.8 Å². The van der Waals surface area contributed by atoms with Crippen LogP contribution in [0.5, 0.6) is 0 Å². The van der Waals surface area contributed by atoms with Crippen molar-refractivity contribution in [1.29, 1.82) is 0 Å². The van der Waals surface area contributed by atoms with E-state index in [4.69, 9.17) is 4.74 Å². The van der Waals surface area contributed by atoms with Crippen molar-refractivity contribution in [2.75, 3.05) is 37.7 Å². The first-order valence-corrected chi connectivity index (χ1v) is 10.5. The van der Waals surface area contributed by atoms with E-state index in [0.717, 1.165) is 43.0 Å². The molecule has 0 saturated carbocycles. The number of hydrogen-bond acceptors (Lipinski definition) is 4. The first-order valence-electron chi connectivity index (χ1n) is 10.5. The van der Waals surface area contributed by atoms with Crippen LogP contribution in [0.3, 0.4) is 0 Å². The molecule has 0 radical (unpaired) electrons. The predicted molar refractivity (Wildman–Crippen MR) is 120 cm³/mol.